The van der Waals surface area contributed by atoms with Crippen LogP contribution in [0.1, 0.15) is 33.6 Å². The Morgan fingerprint density at radius 3 is 2.84 bits per heavy atom. The Morgan fingerprint density at radius 1 is 1.37 bits per heavy atom. The van der Waals surface area contributed by atoms with Gasteiger partial charge >= 0.3 is 0 Å². The molecule has 6 heteroatoms. The third-order valence-electron chi connectivity index (χ3n) is 3.68. The largest absolute Gasteiger partial charge is 0.364 e. The maximum Gasteiger partial charge on any atom is 0.226 e. The van der Waals surface area contributed by atoms with Crippen LogP contribution < -0.4 is 10.6 Å². The monoisotopic (exact) mass is 260 g/mol. The van der Waals surface area contributed by atoms with Crippen LogP contribution >= 0.6 is 0 Å². The number of hydrogen-bond donors (Lipinski definition) is 3. The second-order valence-electron chi connectivity index (χ2n) is 5.68. The van der Waals surface area contributed by atoms with Gasteiger partial charge in [-0.1, -0.05) is 0 Å². The van der Waals surface area contributed by atoms with Gasteiger partial charge in [0.15, 0.2) is 5.65 Å². The van der Waals surface area contributed by atoms with Crippen LogP contribution in [0.15, 0.2) is 6.20 Å². The number of H-pyrrole nitrogens is 1. The lowest BCUT2D eigenvalue weighted by Gasteiger charge is -2.27. The maximum absolute atomic E-state index is 4.56. The van der Waals surface area contributed by atoms with E-state index in [0.29, 0.717) is 5.95 Å². The van der Waals surface area contributed by atoms with Crippen molar-refractivity contribution in [1.29, 1.82) is 0 Å². The molecule has 0 saturated heterocycles. The normalized spacial score (nSPS) is 15.7. The summed E-state index contributed by atoms with van der Waals surface area (Å²) in [6, 6.07) is 0. The SMILES string of the molecule is CCNc1nc(NC(C)(C)C2CC2)c2cn[nH]c2n1. The first kappa shape index (κ1) is 12.2. The molecule has 19 heavy (non-hydrogen) atoms. The molecule has 2 aromatic rings. The summed E-state index contributed by atoms with van der Waals surface area (Å²) in [4.78, 5) is 8.96. The number of hydrogen-bond acceptors (Lipinski definition) is 5. The zero-order chi connectivity index (χ0) is 13.5. The Morgan fingerprint density at radius 2 is 2.16 bits per heavy atom. The molecule has 0 amide bonds. The number of aromatic nitrogens is 4. The first-order valence-electron chi connectivity index (χ1n) is 6.83. The standard InChI is InChI=1S/C13H20N6/c1-4-14-12-16-10(9-7-15-19-11(9)17-12)18-13(2,3)8-5-6-8/h7-8H,4-6H2,1-3H3,(H3,14,15,16,17,18,19). The van der Waals surface area contributed by atoms with Gasteiger partial charge in [0.2, 0.25) is 5.95 Å². The Kier molecular flexibility index (Phi) is 2.80. The van der Waals surface area contributed by atoms with Gasteiger partial charge in [0.05, 0.1) is 11.6 Å². The zero-order valence-electron chi connectivity index (χ0n) is 11.6. The van der Waals surface area contributed by atoms with Crippen molar-refractivity contribution in [3.8, 4) is 0 Å². The fourth-order valence-electron chi connectivity index (χ4n) is 2.38. The van der Waals surface area contributed by atoms with Crippen LogP contribution in [0.3, 0.4) is 0 Å². The van der Waals surface area contributed by atoms with Crippen molar-refractivity contribution >= 4 is 22.8 Å². The lowest BCUT2D eigenvalue weighted by atomic mass is 9.99. The van der Waals surface area contributed by atoms with Crippen molar-refractivity contribution in [2.45, 2.75) is 39.2 Å². The van der Waals surface area contributed by atoms with Crippen molar-refractivity contribution in [3.63, 3.8) is 0 Å². The van der Waals surface area contributed by atoms with Crippen LogP contribution in [0.25, 0.3) is 11.0 Å². The average Bonchev–Trinajstić information content (AvgIpc) is 3.10. The van der Waals surface area contributed by atoms with Gasteiger partial charge in [-0.3, -0.25) is 5.10 Å². The Balaban J connectivity index is 1.98. The molecule has 0 aromatic carbocycles. The number of rotatable bonds is 5. The van der Waals surface area contributed by atoms with Crippen LogP contribution in [-0.4, -0.2) is 32.2 Å². The van der Waals surface area contributed by atoms with Crippen molar-refractivity contribution in [3.05, 3.63) is 6.20 Å². The lowest BCUT2D eigenvalue weighted by Crippen LogP contribution is -2.33. The molecular weight excluding hydrogens is 240 g/mol. The van der Waals surface area contributed by atoms with Gasteiger partial charge < -0.3 is 10.6 Å². The summed E-state index contributed by atoms with van der Waals surface area (Å²) in [5, 5.41) is 14.6. The van der Waals surface area contributed by atoms with E-state index in [9.17, 15) is 0 Å². The maximum atomic E-state index is 4.56. The molecule has 3 N–H and O–H groups in total. The van der Waals surface area contributed by atoms with E-state index in [1.165, 1.54) is 12.8 Å². The number of anilines is 2. The molecular formula is C13H20N6. The van der Waals surface area contributed by atoms with Crippen molar-refractivity contribution in [2.75, 3.05) is 17.2 Å². The third kappa shape index (κ3) is 2.34. The molecule has 0 unspecified atom stereocenters. The minimum atomic E-state index is 0.0576. The topological polar surface area (TPSA) is 78.5 Å². The highest BCUT2D eigenvalue weighted by Gasteiger charge is 2.38. The van der Waals surface area contributed by atoms with Crippen LogP contribution in [0.2, 0.25) is 0 Å². The summed E-state index contributed by atoms with van der Waals surface area (Å²) in [5.41, 5.74) is 0.822. The quantitative estimate of drug-likeness (QED) is 0.769. The van der Waals surface area contributed by atoms with E-state index in [4.69, 9.17) is 0 Å². The van der Waals surface area contributed by atoms with E-state index in [0.717, 1.165) is 29.3 Å². The summed E-state index contributed by atoms with van der Waals surface area (Å²) >= 11 is 0. The zero-order valence-corrected chi connectivity index (χ0v) is 11.6. The molecule has 1 aliphatic carbocycles. The van der Waals surface area contributed by atoms with Gasteiger partial charge in [-0.05, 0) is 39.5 Å². The van der Waals surface area contributed by atoms with E-state index < -0.39 is 0 Å². The molecule has 1 fully saturated rings. The van der Waals surface area contributed by atoms with Gasteiger partial charge in [-0.15, -0.1) is 0 Å². The van der Waals surface area contributed by atoms with Gasteiger partial charge in [-0.25, -0.2) is 0 Å². The van der Waals surface area contributed by atoms with Crippen LogP contribution in [0, 0.1) is 5.92 Å². The molecule has 1 saturated carbocycles. The second-order valence-corrected chi connectivity index (χ2v) is 5.68. The predicted octanol–water partition coefficient (Wildman–Crippen LogP) is 2.39. The highest BCUT2D eigenvalue weighted by Crippen LogP contribution is 2.41. The van der Waals surface area contributed by atoms with Gasteiger partial charge in [0.1, 0.15) is 5.82 Å². The van der Waals surface area contributed by atoms with E-state index >= 15 is 0 Å². The number of fused-ring (bicyclic) bond motifs is 1. The summed E-state index contributed by atoms with van der Waals surface area (Å²) in [6.45, 7) is 7.28. The fraction of sp³-hybridized carbons (Fsp3) is 0.615. The summed E-state index contributed by atoms with van der Waals surface area (Å²) in [6.07, 6.45) is 4.36. The number of nitrogens with one attached hydrogen (secondary N) is 3. The molecule has 0 atom stereocenters. The second kappa shape index (κ2) is 4.36. The minimum absolute atomic E-state index is 0.0576. The fourth-order valence-corrected chi connectivity index (χ4v) is 2.38. The van der Waals surface area contributed by atoms with E-state index in [1.54, 1.807) is 6.20 Å². The Bertz CT molecular complexity index is 584. The predicted molar refractivity (Wildman–Crippen MR) is 76.3 cm³/mol. The molecule has 2 aromatic heterocycles. The van der Waals surface area contributed by atoms with Crippen molar-refractivity contribution in [1.82, 2.24) is 20.2 Å². The molecule has 0 bridgehead atoms. The number of nitrogens with zero attached hydrogens (tertiary/aromatic N) is 3. The molecule has 6 nitrogen and oxygen atoms in total. The highest BCUT2D eigenvalue weighted by molar-refractivity contribution is 5.87. The molecule has 102 valence electrons. The van der Waals surface area contributed by atoms with Crippen molar-refractivity contribution in [2.24, 2.45) is 5.92 Å². The molecule has 1 aliphatic rings. The molecule has 0 spiro atoms. The van der Waals surface area contributed by atoms with Crippen LogP contribution in [0.5, 0.6) is 0 Å². The molecule has 3 rings (SSSR count). The van der Waals surface area contributed by atoms with E-state index in [2.05, 4.69) is 44.6 Å². The summed E-state index contributed by atoms with van der Waals surface area (Å²) in [7, 11) is 0. The van der Waals surface area contributed by atoms with E-state index in [-0.39, 0.29) is 5.54 Å². The van der Waals surface area contributed by atoms with Gasteiger partial charge in [-0.2, -0.15) is 15.1 Å². The first-order valence-corrected chi connectivity index (χ1v) is 6.83. The van der Waals surface area contributed by atoms with Gasteiger partial charge in [0.25, 0.3) is 0 Å². The summed E-state index contributed by atoms with van der Waals surface area (Å²) < 4.78 is 0. The van der Waals surface area contributed by atoms with Gasteiger partial charge in [0, 0.05) is 12.1 Å². The van der Waals surface area contributed by atoms with Crippen LogP contribution in [-0.2, 0) is 0 Å². The molecule has 0 radical (unpaired) electrons. The first-order chi connectivity index (χ1) is 9.10. The van der Waals surface area contributed by atoms with Crippen molar-refractivity contribution < 1.29 is 0 Å². The highest BCUT2D eigenvalue weighted by atomic mass is 15.2. The molecule has 2 heterocycles. The number of aromatic amines is 1. The minimum Gasteiger partial charge on any atom is -0.364 e. The Hall–Kier alpha value is -1.85. The summed E-state index contributed by atoms with van der Waals surface area (Å²) in [5.74, 6) is 2.21. The van der Waals surface area contributed by atoms with Crippen LogP contribution in [0.4, 0.5) is 11.8 Å². The third-order valence-corrected chi connectivity index (χ3v) is 3.68. The average molecular weight is 260 g/mol. The molecule has 0 aliphatic heterocycles. The smallest absolute Gasteiger partial charge is 0.226 e. The lowest BCUT2D eigenvalue weighted by molar-refractivity contribution is 0.493. The Labute approximate surface area is 112 Å². The van der Waals surface area contributed by atoms with E-state index in [1.807, 2.05) is 6.92 Å².